The number of aromatic nitrogens is 2. The first-order valence-electron chi connectivity index (χ1n) is 9.10. The van der Waals surface area contributed by atoms with Gasteiger partial charge in [0.1, 0.15) is 0 Å². The monoisotopic (exact) mass is 434 g/mol. The SMILES string of the molecule is Cn1ccnc1Sc1ccccc1NC(=O)c1cccc(NC(=O)c2cccs2)c1. The van der Waals surface area contributed by atoms with E-state index in [1.54, 1.807) is 36.5 Å². The van der Waals surface area contributed by atoms with Crippen molar-refractivity contribution < 1.29 is 9.59 Å². The van der Waals surface area contributed by atoms with Gasteiger partial charge in [-0.15, -0.1) is 11.3 Å². The third-order valence-electron chi connectivity index (χ3n) is 4.24. The summed E-state index contributed by atoms with van der Waals surface area (Å²) in [7, 11) is 1.92. The van der Waals surface area contributed by atoms with Crippen molar-refractivity contribution in [3.05, 3.63) is 88.9 Å². The van der Waals surface area contributed by atoms with Gasteiger partial charge < -0.3 is 15.2 Å². The molecule has 0 spiro atoms. The molecule has 150 valence electrons. The van der Waals surface area contributed by atoms with Gasteiger partial charge in [-0.3, -0.25) is 9.59 Å². The number of rotatable bonds is 6. The molecule has 0 aliphatic heterocycles. The van der Waals surface area contributed by atoms with E-state index in [1.165, 1.54) is 23.1 Å². The number of amides is 2. The molecule has 2 heterocycles. The standard InChI is InChI=1S/C22H18N4O2S2/c1-26-12-11-23-22(26)30-18-9-3-2-8-17(18)25-20(27)15-6-4-7-16(14-15)24-21(28)19-10-5-13-29-19/h2-14H,1H3,(H,24,28)(H,25,27). The maximum atomic E-state index is 12.9. The van der Waals surface area contributed by atoms with Crippen molar-refractivity contribution in [2.45, 2.75) is 10.1 Å². The average Bonchev–Trinajstić information content (AvgIpc) is 3.42. The highest BCUT2D eigenvalue weighted by molar-refractivity contribution is 7.99. The van der Waals surface area contributed by atoms with Gasteiger partial charge in [-0.05, 0) is 53.5 Å². The van der Waals surface area contributed by atoms with Gasteiger partial charge in [-0.2, -0.15) is 0 Å². The molecular formula is C22H18N4O2S2. The normalized spacial score (nSPS) is 10.6. The maximum absolute atomic E-state index is 12.9. The Balaban J connectivity index is 1.49. The average molecular weight is 435 g/mol. The Labute approximate surface area is 182 Å². The summed E-state index contributed by atoms with van der Waals surface area (Å²) in [5.41, 5.74) is 1.72. The van der Waals surface area contributed by atoms with Crippen molar-refractivity contribution >= 4 is 46.3 Å². The van der Waals surface area contributed by atoms with E-state index in [0.29, 0.717) is 21.8 Å². The number of imidazole rings is 1. The highest BCUT2D eigenvalue weighted by Gasteiger charge is 2.13. The number of carbonyl (C=O) groups excluding carboxylic acids is 2. The summed E-state index contributed by atoms with van der Waals surface area (Å²) in [5, 5.41) is 8.46. The van der Waals surface area contributed by atoms with E-state index >= 15 is 0 Å². The predicted molar refractivity (Wildman–Crippen MR) is 120 cm³/mol. The number of aryl methyl sites for hydroxylation is 1. The van der Waals surface area contributed by atoms with Crippen LogP contribution in [0.25, 0.3) is 0 Å². The van der Waals surface area contributed by atoms with E-state index in [-0.39, 0.29) is 11.8 Å². The van der Waals surface area contributed by atoms with Gasteiger partial charge in [0.15, 0.2) is 5.16 Å². The second kappa shape index (κ2) is 8.98. The van der Waals surface area contributed by atoms with Crippen molar-refractivity contribution in [2.24, 2.45) is 7.05 Å². The highest BCUT2D eigenvalue weighted by atomic mass is 32.2. The van der Waals surface area contributed by atoms with Crippen LogP contribution in [0.1, 0.15) is 20.0 Å². The quantitative estimate of drug-likeness (QED) is 0.441. The zero-order chi connectivity index (χ0) is 20.9. The molecule has 8 heteroatoms. The summed E-state index contributed by atoms with van der Waals surface area (Å²) in [5.74, 6) is -0.450. The second-order valence-corrected chi connectivity index (χ2v) is 8.34. The van der Waals surface area contributed by atoms with Gasteiger partial charge in [0.2, 0.25) is 0 Å². The summed E-state index contributed by atoms with van der Waals surface area (Å²) in [6.07, 6.45) is 3.61. The molecular weight excluding hydrogens is 416 g/mol. The number of hydrogen-bond acceptors (Lipinski definition) is 5. The smallest absolute Gasteiger partial charge is 0.265 e. The number of anilines is 2. The lowest BCUT2D eigenvalue weighted by atomic mass is 10.1. The lowest BCUT2D eigenvalue weighted by Crippen LogP contribution is -2.14. The van der Waals surface area contributed by atoms with Crippen LogP contribution in [-0.4, -0.2) is 21.4 Å². The van der Waals surface area contributed by atoms with E-state index in [0.717, 1.165) is 10.1 Å². The first-order chi connectivity index (χ1) is 14.6. The van der Waals surface area contributed by atoms with Crippen LogP contribution in [0.15, 0.2) is 88.5 Å². The molecule has 0 radical (unpaired) electrons. The summed E-state index contributed by atoms with van der Waals surface area (Å²) in [6.45, 7) is 0. The molecule has 30 heavy (non-hydrogen) atoms. The molecule has 4 rings (SSSR count). The summed E-state index contributed by atoms with van der Waals surface area (Å²) >= 11 is 2.84. The van der Waals surface area contributed by atoms with Crippen LogP contribution < -0.4 is 10.6 Å². The van der Waals surface area contributed by atoms with E-state index < -0.39 is 0 Å². The van der Waals surface area contributed by atoms with Gasteiger partial charge >= 0.3 is 0 Å². The minimum atomic E-state index is -0.255. The lowest BCUT2D eigenvalue weighted by Gasteiger charge is -2.11. The van der Waals surface area contributed by atoms with Gasteiger partial charge in [0, 0.05) is 35.6 Å². The molecule has 0 atom stereocenters. The third-order valence-corrected chi connectivity index (χ3v) is 6.26. The Hall–Kier alpha value is -3.36. The number of nitrogens with one attached hydrogen (secondary N) is 2. The number of para-hydroxylation sites is 1. The van der Waals surface area contributed by atoms with E-state index in [9.17, 15) is 9.59 Å². The number of nitrogens with zero attached hydrogens (tertiary/aromatic N) is 2. The Morgan fingerprint density at radius 3 is 2.63 bits per heavy atom. The maximum Gasteiger partial charge on any atom is 0.265 e. The van der Waals surface area contributed by atoms with Crippen LogP contribution in [0.5, 0.6) is 0 Å². The van der Waals surface area contributed by atoms with Crippen molar-refractivity contribution in [2.75, 3.05) is 10.6 Å². The molecule has 2 aromatic heterocycles. The molecule has 2 aromatic carbocycles. The summed E-state index contributed by atoms with van der Waals surface area (Å²) in [4.78, 5) is 30.9. The van der Waals surface area contributed by atoms with Crippen LogP contribution in [0.3, 0.4) is 0 Å². The second-order valence-electron chi connectivity index (χ2n) is 6.39. The van der Waals surface area contributed by atoms with Crippen LogP contribution in [0.4, 0.5) is 11.4 Å². The van der Waals surface area contributed by atoms with Gasteiger partial charge in [0.25, 0.3) is 11.8 Å². The highest BCUT2D eigenvalue weighted by Crippen LogP contribution is 2.32. The van der Waals surface area contributed by atoms with Crippen molar-refractivity contribution in [3.63, 3.8) is 0 Å². The van der Waals surface area contributed by atoms with E-state index in [4.69, 9.17) is 0 Å². The fourth-order valence-electron chi connectivity index (χ4n) is 2.74. The summed E-state index contributed by atoms with van der Waals surface area (Å²) in [6, 6.07) is 18.0. The first-order valence-corrected chi connectivity index (χ1v) is 10.8. The zero-order valence-corrected chi connectivity index (χ0v) is 17.7. The molecule has 0 bridgehead atoms. The van der Waals surface area contributed by atoms with Gasteiger partial charge in [0.05, 0.1) is 10.6 Å². The Morgan fingerprint density at radius 1 is 1.00 bits per heavy atom. The Morgan fingerprint density at radius 2 is 1.87 bits per heavy atom. The zero-order valence-electron chi connectivity index (χ0n) is 16.0. The van der Waals surface area contributed by atoms with Crippen molar-refractivity contribution in [1.29, 1.82) is 0 Å². The molecule has 6 nitrogen and oxygen atoms in total. The molecule has 0 unspecified atom stereocenters. The number of benzene rings is 2. The van der Waals surface area contributed by atoms with Crippen LogP contribution >= 0.6 is 23.1 Å². The van der Waals surface area contributed by atoms with E-state index in [1.807, 2.05) is 53.5 Å². The fourth-order valence-corrected chi connectivity index (χ4v) is 4.25. The molecule has 2 N–H and O–H groups in total. The number of hydrogen-bond donors (Lipinski definition) is 2. The molecule has 0 saturated carbocycles. The van der Waals surface area contributed by atoms with Gasteiger partial charge in [-0.25, -0.2) is 4.98 Å². The molecule has 0 fully saturated rings. The Kier molecular flexibility index (Phi) is 5.97. The summed E-state index contributed by atoms with van der Waals surface area (Å²) < 4.78 is 1.92. The van der Waals surface area contributed by atoms with E-state index in [2.05, 4.69) is 15.6 Å². The van der Waals surface area contributed by atoms with Crippen molar-refractivity contribution in [1.82, 2.24) is 9.55 Å². The third kappa shape index (κ3) is 4.61. The number of thiophene rings is 1. The predicted octanol–water partition coefficient (Wildman–Crippen LogP) is 5.14. The lowest BCUT2D eigenvalue weighted by molar-refractivity contribution is 0.101. The Bertz CT molecular complexity index is 1190. The molecule has 0 saturated heterocycles. The van der Waals surface area contributed by atoms with Crippen molar-refractivity contribution in [3.8, 4) is 0 Å². The minimum Gasteiger partial charge on any atom is -0.329 e. The fraction of sp³-hybridized carbons (Fsp3) is 0.0455. The molecule has 0 aliphatic carbocycles. The molecule has 0 aliphatic rings. The molecule has 2 amide bonds. The van der Waals surface area contributed by atoms with Gasteiger partial charge in [-0.1, -0.05) is 24.3 Å². The van der Waals surface area contributed by atoms with Crippen LogP contribution in [-0.2, 0) is 7.05 Å². The van der Waals surface area contributed by atoms with Crippen LogP contribution in [0.2, 0.25) is 0 Å². The largest absolute Gasteiger partial charge is 0.329 e. The van der Waals surface area contributed by atoms with Crippen LogP contribution in [0, 0.1) is 0 Å². The molecule has 4 aromatic rings. The number of carbonyl (C=O) groups is 2. The first kappa shape index (κ1) is 19.9. The minimum absolute atomic E-state index is 0.195. The topological polar surface area (TPSA) is 76.0 Å².